The van der Waals surface area contributed by atoms with E-state index in [1.54, 1.807) is 7.11 Å². The number of ether oxygens (including phenoxy) is 1. The van der Waals surface area contributed by atoms with Crippen LogP contribution >= 0.6 is 11.3 Å². The summed E-state index contributed by atoms with van der Waals surface area (Å²) in [5.41, 5.74) is 3.66. The number of methoxy groups -OCH3 is 1. The third kappa shape index (κ3) is 2.54. The number of fused-ring (bicyclic) bond motifs is 3. The lowest BCUT2D eigenvalue weighted by molar-refractivity contribution is 0.416. The van der Waals surface area contributed by atoms with Gasteiger partial charge in [0, 0.05) is 34.6 Å². The molecule has 0 bridgehead atoms. The lowest BCUT2D eigenvalue weighted by atomic mass is 9.96. The van der Waals surface area contributed by atoms with E-state index >= 15 is 0 Å². The van der Waals surface area contributed by atoms with Crippen LogP contribution in [0.1, 0.15) is 12.5 Å². The van der Waals surface area contributed by atoms with Gasteiger partial charge in [-0.15, -0.1) is 11.3 Å². The highest BCUT2D eigenvalue weighted by Crippen LogP contribution is 2.41. The summed E-state index contributed by atoms with van der Waals surface area (Å²) in [7, 11) is 1.67. The van der Waals surface area contributed by atoms with Gasteiger partial charge in [-0.1, -0.05) is 0 Å². The van der Waals surface area contributed by atoms with Crippen molar-refractivity contribution in [1.29, 1.82) is 0 Å². The van der Waals surface area contributed by atoms with Crippen molar-refractivity contribution < 1.29 is 4.74 Å². The number of pyridine rings is 2. The quantitative estimate of drug-likeness (QED) is 0.557. The van der Waals surface area contributed by atoms with Crippen molar-refractivity contribution in [3.63, 3.8) is 0 Å². The average molecular weight is 365 g/mol. The molecule has 2 N–H and O–H groups in total. The van der Waals surface area contributed by atoms with Crippen LogP contribution in [0.2, 0.25) is 0 Å². The van der Waals surface area contributed by atoms with Crippen molar-refractivity contribution in [2.45, 2.75) is 13.8 Å². The van der Waals surface area contributed by atoms with Crippen molar-refractivity contribution in [2.24, 2.45) is 0 Å². The molecule has 0 fully saturated rings. The summed E-state index contributed by atoms with van der Waals surface area (Å²) in [6, 6.07) is 7.95. The predicted molar refractivity (Wildman–Crippen MR) is 109 cm³/mol. The van der Waals surface area contributed by atoms with Crippen molar-refractivity contribution >= 4 is 38.1 Å². The fraction of sp³-hybridized carbons (Fsp3) is 0.200. The summed E-state index contributed by atoms with van der Waals surface area (Å²) in [6.45, 7) is 4.84. The van der Waals surface area contributed by atoms with Crippen LogP contribution in [0.4, 0.5) is 5.82 Å². The Morgan fingerprint density at radius 2 is 2.15 bits per heavy atom. The Hall–Kier alpha value is -2.86. The number of hydrogen-bond acceptors (Lipinski definition) is 5. The van der Waals surface area contributed by atoms with Crippen LogP contribution in [-0.2, 0) is 0 Å². The molecule has 0 aliphatic heterocycles. The Kier molecular flexibility index (Phi) is 4.12. The second kappa shape index (κ2) is 6.46. The first-order chi connectivity index (χ1) is 12.6. The molecule has 4 rings (SSSR count). The third-order valence-electron chi connectivity index (χ3n) is 4.50. The van der Waals surface area contributed by atoms with Gasteiger partial charge in [0.05, 0.1) is 12.6 Å². The normalized spacial score (nSPS) is 11.2. The van der Waals surface area contributed by atoms with Crippen molar-refractivity contribution in [3.05, 3.63) is 51.8 Å². The first-order valence-corrected chi connectivity index (χ1v) is 9.33. The van der Waals surface area contributed by atoms with E-state index in [0.717, 1.165) is 55.8 Å². The molecule has 0 saturated carbocycles. The number of aryl methyl sites for hydroxylation is 1. The first-order valence-electron chi connectivity index (χ1n) is 8.45. The number of thiophene rings is 1. The summed E-state index contributed by atoms with van der Waals surface area (Å²) in [4.78, 5) is 20.0. The molecule has 0 spiro atoms. The van der Waals surface area contributed by atoms with Gasteiger partial charge < -0.3 is 15.0 Å². The molecule has 0 radical (unpaired) electrons. The molecule has 5 nitrogen and oxygen atoms in total. The molecule has 4 aromatic rings. The number of nitrogens with one attached hydrogen (secondary N) is 2. The van der Waals surface area contributed by atoms with E-state index in [1.165, 1.54) is 11.3 Å². The highest BCUT2D eigenvalue weighted by Gasteiger charge is 2.18. The second-order valence-electron chi connectivity index (χ2n) is 6.10. The maximum Gasteiger partial charge on any atom is 0.266 e. The number of hydrogen-bond donors (Lipinski definition) is 2. The van der Waals surface area contributed by atoms with E-state index in [-0.39, 0.29) is 5.56 Å². The summed E-state index contributed by atoms with van der Waals surface area (Å²) < 4.78 is 6.42. The van der Waals surface area contributed by atoms with E-state index < -0.39 is 0 Å². The number of nitrogens with zero attached hydrogens (tertiary/aromatic N) is 1. The van der Waals surface area contributed by atoms with Crippen molar-refractivity contribution in [3.8, 4) is 16.9 Å². The molecule has 0 amide bonds. The van der Waals surface area contributed by atoms with Crippen LogP contribution < -0.4 is 15.6 Å². The van der Waals surface area contributed by atoms with Gasteiger partial charge in [-0.05, 0) is 49.1 Å². The fourth-order valence-electron chi connectivity index (χ4n) is 3.34. The number of aromatic nitrogens is 2. The predicted octanol–water partition coefficient (Wildman–Crippen LogP) is 4.55. The van der Waals surface area contributed by atoms with Gasteiger partial charge in [0.1, 0.15) is 16.3 Å². The standard InChI is InChI=1S/C20H19N3O2S/c1-4-21-15-6-5-12(10-22-15)16-14(25-3)9-11(2)18-17(16)13-7-8-26-19(13)20(24)23-18/h5-10H,4H2,1-3H3,(H,21,22)(H,23,24). The molecule has 3 aromatic heterocycles. The van der Waals surface area contributed by atoms with Crippen LogP contribution in [0.3, 0.4) is 0 Å². The topological polar surface area (TPSA) is 67.0 Å². The van der Waals surface area contributed by atoms with Gasteiger partial charge >= 0.3 is 0 Å². The molecular formula is C20H19N3O2S. The van der Waals surface area contributed by atoms with E-state index in [2.05, 4.69) is 15.3 Å². The van der Waals surface area contributed by atoms with Gasteiger partial charge in [-0.25, -0.2) is 4.98 Å². The Labute approximate surface area is 154 Å². The fourth-order valence-corrected chi connectivity index (χ4v) is 4.14. The molecule has 1 aromatic carbocycles. The Bertz CT molecular complexity index is 1160. The minimum absolute atomic E-state index is 0.0534. The molecule has 0 unspecified atom stereocenters. The van der Waals surface area contributed by atoms with Gasteiger partial charge in [0.15, 0.2) is 0 Å². The highest BCUT2D eigenvalue weighted by molar-refractivity contribution is 7.17. The van der Waals surface area contributed by atoms with E-state index in [0.29, 0.717) is 0 Å². The Morgan fingerprint density at radius 1 is 1.31 bits per heavy atom. The van der Waals surface area contributed by atoms with Crippen molar-refractivity contribution in [2.75, 3.05) is 19.0 Å². The van der Waals surface area contributed by atoms with Gasteiger partial charge in [-0.2, -0.15) is 0 Å². The number of benzene rings is 1. The van der Waals surface area contributed by atoms with Gasteiger partial charge in [0.2, 0.25) is 0 Å². The monoisotopic (exact) mass is 365 g/mol. The number of H-pyrrole nitrogens is 1. The largest absolute Gasteiger partial charge is 0.496 e. The molecule has 0 aliphatic rings. The van der Waals surface area contributed by atoms with E-state index in [4.69, 9.17) is 4.74 Å². The van der Waals surface area contributed by atoms with Crippen LogP contribution in [0.5, 0.6) is 5.75 Å². The number of aromatic amines is 1. The number of rotatable bonds is 4. The summed E-state index contributed by atoms with van der Waals surface area (Å²) >= 11 is 1.45. The SMILES string of the molecule is CCNc1ccc(-c2c(OC)cc(C)c3[nH]c(=O)c4sccc4c23)cn1. The zero-order valence-electron chi connectivity index (χ0n) is 14.8. The maximum atomic E-state index is 12.4. The molecular weight excluding hydrogens is 346 g/mol. The zero-order valence-corrected chi connectivity index (χ0v) is 15.7. The molecule has 26 heavy (non-hydrogen) atoms. The minimum atomic E-state index is -0.0534. The average Bonchev–Trinajstić information content (AvgIpc) is 3.14. The Morgan fingerprint density at radius 3 is 2.85 bits per heavy atom. The van der Waals surface area contributed by atoms with Crippen LogP contribution in [0.15, 0.2) is 40.6 Å². The van der Waals surface area contributed by atoms with Gasteiger partial charge in [-0.3, -0.25) is 4.79 Å². The zero-order chi connectivity index (χ0) is 18.3. The van der Waals surface area contributed by atoms with Gasteiger partial charge in [0.25, 0.3) is 5.56 Å². The van der Waals surface area contributed by atoms with Crippen LogP contribution in [0.25, 0.3) is 32.1 Å². The second-order valence-corrected chi connectivity index (χ2v) is 7.02. The molecule has 132 valence electrons. The third-order valence-corrected chi connectivity index (χ3v) is 5.41. The summed E-state index contributed by atoms with van der Waals surface area (Å²) in [6.07, 6.45) is 1.84. The van der Waals surface area contributed by atoms with E-state index in [1.807, 2.05) is 49.7 Å². The summed E-state index contributed by atoms with van der Waals surface area (Å²) in [5.74, 6) is 1.60. The first kappa shape index (κ1) is 16.6. The molecule has 0 aliphatic carbocycles. The lowest BCUT2D eigenvalue weighted by Crippen LogP contribution is -2.06. The molecule has 0 atom stereocenters. The molecule has 6 heteroatoms. The minimum Gasteiger partial charge on any atom is -0.496 e. The lowest BCUT2D eigenvalue weighted by Gasteiger charge is -2.15. The van der Waals surface area contributed by atoms with E-state index in [9.17, 15) is 4.79 Å². The smallest absolute Gasteiger partial charge is 0.266 e. The van der Waals surface area contributed by atoms with Crippen LogP contribution in [-0.4, -0.2) is 23.6 Å². The van der Waals surface area contributed by atoms with Crippen LogP contribution in [0, 0.1) is 6.92 Å². The Balaban J connectivity index is 2.11. The maximum absolute atomic E-state index is 12.4. The summed E-state index contributed by atoms with van der Waals surface area (Å²) in [5, 5.41) is 7.10. The highest BCUT2D eigenvalue weighted by atomic mass is 32.1. The van der Waals surface area contributed by atoms with Crippen molar-refractivity contribution in [1.82, 2.24) is 9.97 Å². The molecule has 3 heterocycles. The molecule has 0 saturated heterocycles. The number of anilines is 1.